The number of thioether (sulfide) groups is 1. The molecule has 0 spiro atoms. The van der Waals surface area contributed by atoms with Crippen molar-refractivity contribution in [3.05, 3.63) is 89.9 Å². The minimum absolute atomic E-state index is 0.223. The molecule has 0 aliphatic heterocycles. The third-order valence-electron chi connectivity index (χ3n) is 4.09. The Labute approximate surface area is 160 Å². The van der Waals surface area contributed by atoms with Gasteiger partial charge >= 0.3 is 0 Å². The van der Waals surface area contributed by atoms with Gasteiger partial charge in [0.2, 0.25) is 0 Å². The minimum atomic E-state index is -0.223. The van der Waals surface area contributed by atoms with Crippen molar-refractivity contribution in [3.8, 4) is 0 Å². The SMILES string of the molecule is O=C(NCc1ccccc1)c1oc2ccccc2c1CSc1ncccn1. The summed E-state index contributed by atoms with van der Waals surface area (Å²) in [4.78, 5) is 21.2. The Bertz CT molecular complexity index is 1050. The van der Waals surface area contributed by atoms with Crippen molar-refractivity contribution >= 4 is 28.6 Å². The highest BCUT2D eigenvalue weighted by atomic mass is 32.2. The fourth-order valence-corrected chi connectivity index (χ4v) is 3.61. The number of fused-ring (bicyclic) bond motifs is 1. The number of hydrogen-bond acceptors (Lipinski definition) is 5. The van der Waals surface area contributed by atoms with E-state index in [9.17, 15) is 4.79 Å². The van der Waals surface area contributed by atoms with Gasteiger partial charge in [0, 0.05) is 35.6 Å². The molecule has 0 radical (unpaired) electrons. The molecule has 0 aliphatic carbocycles. The van der Waals surface area contributed by atoms with Crippen LogP contribution in [0.3, 0.4) is 0 Å². The second-order valence-electron chi connectivity index (χ2n) is 5.89. The van der Waals surface area contributed by atoms with E-state index in [0.29, 0.717) is 28.8 Å². The highest BCUT2D eigenvalue weighted by Crippen LogP contribution is 2.31. The molecule has 1 amide bonds. The molecule has 1 N–H and O–H groups in total. The molecule has 4 aromatic rings. The Morgan fingerprint density at radius 1 is 0.963 bits per heavy atom. The van der Waals surface area contributed by atoms with Crippen LogP contribution in [-0.2, 0) is 12.3 Å². The molecule has 4 rings (SSSR count). The number of benzene rings is 2. The van der Waals surface area contributed by atoms with Crippen molar-refractivity contribution in [2.75, 3.05) is 0 Å². The maximum atomic E-state index is 12.8. The fraction of sp³-hybridized carbons (Fsp3) is 0.0952. The van der Waals surface area contributed by atoms with Gasteiger partial charge < -0.3 is 9.73 Å². The van der Waals surface area contributed by atoms with Crippen LogP contribution in [0.5, 0.6) is 0 Å². The lowest BCUT2D eigenvalue weighted by Gasteiger charge is -2.05. The third-order valence-corrected chi connectivity index (χ3v) is 4.99. The Balaban J connectivity index is 1.58. The standard InChI is InChI=1S/C21H17N3O2S/c25-20(24-13-15-7-2-1-3-8-15)19-17(14-27-21-22-11-6-12-23-21)16-9-4-5-10-18(16)26-19/h1-12H,13-14H2,(H,24,25). The maximum Gasteiger partial charge on any atom is 0.287 e. The molecule has 0 atom stereocenters. The fourth-order valence-electron chi connectivity index (χ4n) is 2.78. The van der Waals surface area contributed by atoms with Crippen molar-refractivity contribution in [2.24, 2.45) is 0 Å². The summed E-state index contributed by atoms with van der Waals surface area (Å²) in [7, 11) is 0. The van der Waals surface area contributed by atoms with E-state index in [4.69, 9.17) is 4.42 Å². The summed E-state index contributed by atoms with van der Waals surface area (Å²) >= 11 is 1.48. The monoisotopic (exact) mass is 375 g/mol. The summed E-state index contributed by atoms with van der Waals surface area (Å²) in [5.41, 5.74) is 2.59. The molecule has 27 heavy (non-hydrogen) atoms. The smallest absolute Gasteiger partial charge is 0.287 e. The van der Waals surface area contributed by atoms with Crippen molar-refractivity contribution in [3.63, 3.8) is 0 Å². The second-order valence-corrected chi connectivity index (χ2v) is 6.84. The molecule has 0 saturated heterocycles. The van der Waals surface area contributed by atoms with Crippen LogP contribution in [0, 0.1) is 0 Å². The summed E-state index contributed by atoms with van der Waals surface area (Å²) in [6, 6.07) is 19.3. The van der Waals surface area contributed by atoms with Gasteiger partial charge in [0.1, 0.15) is 5.58 Å². The van der Waals surface area contributed by atoms with Crippen LogP contribution in [0.2, 0.25) is 0 Å². The number of carbonyl (C=O) groups is 1. The van der Waals surface area contributed by atoms with E-state index < -0.39 is 0 Å². The first kappa shape index (κ1) is 17.3. The van der Waals surface area contributed by atoms with Crippen LogP contribution >= 0.6 is 11.8 Å². The molecule has 2 aromatic carbocycles. The van der Waals surface area contributed by atoms with E-state index in [2.05, 4.69) is 15.3 Å². The molecule has 0 fully saturated rings. The first-order valence-electron chi connectivity index (χ1n) is 8.53. The van der Waals surface area contributed by atoms with Crippen molar-refractivity contribution < 1.29 is 9.21 Å². The number of hydrogen-bond donors (Lipinski definition) is 1. The number of furan rings is 1. The van der Waals surface area contributed by atoms with Gasteiger partial charge in [-0.2, -0.15) is 0 Å². The molecule has 5 nitrogen and oxygen atoms in total. The predicted molar refractivity (Wildman–Crippen MR) is 105 cm³/mol. The van der Waals surface area contributed by atoms with Gasteiger partial charge in [-0.05, 0) is 17.7 Å². The molecular weight excluding hydrogens is 358 g/mol. The number of aromatic nitrogens is 2. The molecule has 0 aliphatic rings. The molecule has 2 aromatic heterocycles. The summed E-state index contributed by atoms with van der Waals surface area (Å²) in [5.74, 6) is 0.671. The average molecular weight is 375 g/mol. The second kappa shape index (κ2) is 8.05. The molecule has 0 bridgehead atoms. The zero-order chi connectivity index (χ0) is 18.5. The normalized spacial score (nSPS) is 10.8. The van der Waals surface area contributed by atoms with Crippen LogP contribution in [0.1, 0.15) is 21.7 Å². The van der Waals surface area contributed by atoms with E-state index in [1.807, 2.05) is 54.6 Å². The Morgan fingerprint density at radius 2 is 1.70 bits per heavy atom. The first-order chi connectivity index (χ1) is 13.3. The van der Waals surface area contributed by atoms with E-state index in [-0.39, 0.29) is 5.91 Å². The van der Waals surface area contributed by atoms with Crippen LogP contribution in [0.4, 0.5) is 0 Å². The molecular formula is C21H17N3O2S. The summed E-state index contributed by atoms with van der Waals surface area (Å²) in [6.07, 6.45) is 3.41. The van der Waals surface area contributed by atoms with Gasteiger partial charge in [0.05, 0.1) is 0 Å². The van der Waals surface area contributed by atoms with E-state index >= 15 is 0 Å². The minimum Gasteiger partial charge on any atom is -0.451 e. The lowest BCUT2D eigenvalue weighted by molar-refractivity contribution is 0.0924. The first-order valence-corrected chi connectivity index (χ1v) is 9.52. The third kappa shape index (κ3) is 4.01. The van der Waals surface area contributed by atoms with E-state index in [0.717, 1.165) is 16.5 Å². The maximum absolute atomic E-state index is 12.8. The van der Waals surface area contributed by atoms with Crippen LogP contribution < -0.4 is 5.32 Å². The predicted octanol–water partition coefficient (Wildman–Crippen LogP) is 4.45. The largest absolute Gasteiger partial charge is 0.451 e. The zero-order valence-corrected chi connectivity index (χ0v) is 15.3. The lowest BCUT2D eigenvalue weighted by atomic mass is 10.1. The van der Waals surface area contributed by atoms with Crippen LogP contribution in [0.25, 0.3) is 11.0 Å². The van der Waals surface area contributed by atoms with Crippen molar-refractivity contribution in [2.45, 2.75) is 17.5 Å². The molecule has 6 heteroatoms. The number of para-hydroxylation sites is 1. The summed E-state index contributed by atoms with van der Waals surface area (Å²) < 4.78 is 5.87. The highest BCUT2D eigenvalue weighted by Gasteiger charge is 2.20. The summed E-state index contributed by atoms with van der Waals surface area (Å²) in [5, 5.41) is 4.54. The number of nitrogens with one attached hydrogen (secondary N) is 1. The number of rotatable bonds is 6. The number of carbonyl (C=O) groups excluding carboxylic acids is 1. The Morgan fingerprint density at radius 3 is 2.52 bits per heavy atom. The molecule has 134 valence electrons. The Kier molecular flexibility index (Phi) is 5.16. The topological polar surface area (TPSA) is 68.0 Å². The van der Waals surface area contributed by atoms with Gasteiger partial charge in [-0.3, -0.25) is 4.79 Å². The van der Waals surface area contributed by atoms with Crippen LogP contribution in [0.15, 0.2) is 82.6 Å². The van der Waals surface area contributed by atoms with E-state index in [1.165, 1.54) is 11.8 Å². The van der Waals surface area contributed by atoms with Gasteiger partial charge in [0.15, 0.2) is 10.9 Å². The van der Waals surface area contributed by atoms with Gasteiger partial charge in [-0.1, -0.05) is 60.3 Å². The molecule has 0 unspecified atom stereocenters. The van der Waals surface area contributed by atoms with Crippen molar-refractivity contribution in [1.29, 1.82) is 0 Å². The van der Waals surface area contributed by atoms with Crippen molar-refractivity contribution in [1.82, 2.24) is 15.3 Å². The van der Waals surface area contributed by atoms with Gasteiger partial charge in [0.25, 0.3) is 5.91 Å². The summed E-state index contributed by atoms with van der Waals surface area (Å²) in [6.45, 7) is 0.450. The quantitative estimate of drug-likeness (QED) is 0.398. The number of amides is 1. The van der Waals surface area contributed by atoms with Gasteiger partial charge in [-0.25, -0.2) is 9.97 Å². The van der Waals surface area contributed by atoms with Crippen LogP contribution in [-0.4, -0.2) is 15.9 Å². The number of nitrogens with zero attached hydrogens (tertiary/aromatic N) is 2. The Hall–Kier alpha value is -3.12. The van der Waals surface area contributed by atoms with Gasteiger partial charge in [-0.15, -0.1) is 0 Å². The van der Waals surface area contributed by atoms with E-state index in [1.54, 1.807) is 18.5 Å². The zero-order valence-electron chi connectivity index (χ0n) is 14.5. The average Bonchev–Trinajstić information content (AvgIpc) is 3.11. The highest BCUT2D eigenvalue weighted by molar-refractivity contribution is 7.98. The molecule has 2 heterocycles. The lowest BCUT2D eigenvalue weighted by Crippen LogP contribution is -2.23. The molecule has 0 saturated carbocycles.